The molecule has 0 aromatic carbocycles. The maximum Gasteiger partial charge on any atom is 0.0136 e. The summed E-state index contributed by atoms with van der Waals surface area (Å²) in [5.74, 6) is 0.761. The van der Waals surface area contributed by atoms with Crippen molar-refractivity contribution in [2.24, 2.45) is 17.1 Å². The summed E-state index contributed by atoms with van der Waals surface area (Å²) in [6.07, 6.45) is 8.34. The molecule has 2 nitrogen and oxygen atoms in total. The van der Waals surface area contributed by atoms with Gasteiger partial charge in [0.15, 0.2) is 0 Å². The molecular weight excluding hydrogens is 196 g/mol. The van der Waals surface area contributed by atoms with Crippen LogP contribution in [0.3, 0.4) is 0 Å². The van der Waals surface area contributed by atoms with Gasteiger partial charge in [0.1, 0.15) is 0 Å². The number of likely N-dealkylation sites (tertiary alicyclic amines) is 1. The zero-order valence-electron chi connectivity index (χ0n) is 11.0. The van der Waals surface area contributed by atoms with Gasteiger partial charge < -0.3 is 5.73 Å². The molecule has 1 aliphatic carbocycles. The van der Waals surface area contributed by atoms with E-state index in [9.17, 15) is 0 Å². The molecule has 0 aromatic heterocycles. The predicted octanol–water partition coefficient (Wildman–Crippen LogP) is 2.63. The third kappa shape index (κ3) is 2.78. The molecule has 2 rings (SSSR count). The normalized spacial score (nSPS) is 36.2. The second-order valence-corrected chi connectivity index (χ2v) is 6.59. The first kappa shape index (κ1) is 12.4. The molecular formula is C14H28N2. The van der Waals surface area contributed by atoms with Gasteiger partial charge in [-0.05, 0) is 43.7 Å². The van der Waals surface area contributed by atoms with Crippen LogP contribution < -0.4 is 5.73 Å². The Morgan fingerprint density at radius 2 is 1.94 bits per heavy atom. The number of hydrogen-bond donors (Lipinski definition) is 1. The fraction of sp³-hybridized carbons (Fsp3) is 1.00. The molecule has 0 radical (unpaired) electrons. The minimum absolute atomic E-state index is 0.533. The van der Waals surface area contributed by atoms with E-state index in [-0.39, 0.29) is 0 Å². The zero-order chi connectivity index (χ0) is 11.6. The van der Waals surface area contributed by atoms with Gasteiger partial charge in [-0.3, -0.25) is 4.90 Å². The average Bonchev–Trinajstić information content (AvgIpc) is 2.50. The summed E-state index contributed by atoms with van der Waals surface area (Å²) in [5.41, 5.74) is 6.50. The SMILES string of the molecule is CC1(C)CCN(C2CCCCCC2CN)C1. The molecule has 2 unspecified atom stereocenters. The first-order chi connectivity index (χ1) is 7.62. The van der Waals surface area contributed by atoms with Crippen molar-refractivity contribution in [3.63, 3.8) is 0 Å². The molecule has 2 heteroatoms. The van der Waals surface area contributed by atoms with Crippen molar-refractivity contribution >= 4 is 0 Å². The number of rotatable bonds is 2. The fourth-order valence-electron chi connectivity index (χ4n) is 3.56. The summed E-state index contributed by atoms with van der Waals surface area (Å²) in [7, 11) is 0. The Hall–Kier alpha value is -0.0800. The zero-order valence-corrected chi connectivity index (χ0v) is 11.0. The van der Waals surface area contributed by atoms with Crippen molar-refractivity contribution in [3.8, 4) is 0 Å². The molecule has 0 bridgehead atoms. The number of nitrogens with zero attached hydrogens (tertiary/aromatic N) is 1. The van der Waals surface area contributed by atoms with E-state index in [0.717, 1.165) is 18.5 Å². The first-order valence-corrected chi connectivity index (χ1v) is 7.06. The topological polar surface area (TPSA) is 29.3 Å². The Morgan fingerprint density at radius 1 is 1.19 bits per heavy atom. The van der Waals surface area contributed by atoms with E-state index in [4.69, 9.17) is 5.73 Å². The molecule has 0 aromatic rings. The van der Waals surface area contributed by atoms with Crippen LogP contribution in [0.4, 0.5) is 0 Å². The Balaban J connectivity index is 2.00. The van der Waals surface area contributed by atoms with Crippen LogP contribution in [0.25, 0.3) is 0 Å². The highest BCUT2D eigenvalue weighted by Gasteiger charge is 2.36. The molecule has 0 spiro atoms. The first-order valence-electron chi connectivity index (χ1n) is 7.06. The molecule has 94 valence electrons. The van der Waals surface area contributed by atoms with Gasteiger partial charge in [0, 0.05) is 12.6 Å². The van der Waals surface area contributed by atoms with Crippen LogP contribution in [0.1, 0.15) is 52.4 Å². The fourth-order valence-corrected chi connectivity index (χ4v) is 3.56. The monoisotopic (exact) mass is 224 g/mol. The maximum atomic E-state index is 5.97. The molecule has 1 saturated carbocycles. The third-order valence-electron chi connectivity index (χ3n) is 4.60. The Kier molecular flexibility index (Phi) is 3.91. The van der Waals surface area contributed by atoms with Crippen molar-refractivity contribution in [1.29, 1.82) is 0 Å². The predicted molar refractivity (Wildman–Crippen MR) is 69.4 cm³/mol. The van der Waals surface area contributed by atoms with Gasteiger partial charge in [0.05, 0.1) is 0 Å². The lowest BCUT2D eigenvalue weighted by molar-refractivity contribution is 0.152. The van der Waals surface area contributed by atoms with Crippen molar-refractivity contribution in [1.82, 2.24) is 4.90 Å². The second-order valence-electron chi connectivity index (χ2n) is 6.59. The second kappa shape index (κ2) is 5.05. The molecule has 2 aliphatic rings. The molecule has 1 heterocycles. The number of hydrogen-bond acceptors (Lipinski definition) is 2. The molecule has 2 N–H and O–H groups in total. The van der Waals surface area contributed by atoms with Crippen molar-refractivity contribution in [2.45, 2.75) is 58.4 Å². The third-order valence-corrected chi connectivity index (χ3v) is 4.60. The standard InChI is InChI=1S/C14H28N2/c1-14(2)8-9-16(11-14)13-7-5-3-4-6-12(13)10-15/h12-13H,3-11,15H2,1-2H3. The van der Waals surface area contributed by atoms with Crippen LogP contribution in [-0.4, -0.2) is 30.6 Å². The quantitative estimate of drug-likeness (QED) is 0.731. The van der Waals surface area contributed by atoms with E-state index in [2.05, 4.69) is 18.7 Å². The molecule has 2 atom stereocenters. The smallest absolute Gasteiger partial charge is 0.0136 e. The van der Waals surface area contributed by atoms with Gasteiger partial charge in [-0.1, -0.05) is 33.1 Å². The highest BCUT2D eigenvalue weighted by Crippen LogP contribution is 2.35. The summed E-state index contributed by atoms with van der Waals surface area (Å²) in [6.45, 7) is 8.28. The van der Waals surface area contributed by atoms with E-state index in [1.807, 2.05) is 0 Å². The van der Waals surface area contributed by atoms with Gasteiger partial charge >= 0.3 is 0 Å². The van der Waals surface area contributed by atoms with Gasteiger partial charge in [-0.15, -0.1) is 0 Å². The molecule has 1 saturated heterocycles. The van der Waals surface area contributed by atoms with E-state index in [0.29, 0.717) is 5.41 Å². The van der Waals surface area contributed by atoms with E-state index >= 15 is 0 Å². The van der Waals surface area contributed by atoms with Crippen LogP contribution in [0.2, 0.25) is 0 Å². The van der Waals surface area contributed by atoms with E-state index < -0.39 is 0 Å². The lowest BCUT2D eigenvalue weighted by atomic mass is 9.91. The Bertz CT molecular complexity index is 225. The van der Waals surface area contributed by atoms with Crippen LogP contribution in [-0.2, 0) is 0 Å². The molecule has 0 amide bonds. The van der Waals surface area contributed by atoms with Crippen LogP contribution in [0.5, 0.6) is 0 Å². The summed E-state index contributed by atoms with van der Waals surface area (Å²) < 4.78 is 0. The molecule has 1 aliphatic heterocycles. The van der Waals surface area contributed by atoms with E-state index in [1.165, 1.54) is 51.6 Å². The van der Waals surface area contributed by atoms with Gasteiger partial charge in [-0.25, -0.2) is 0 Å². The summed E-state index contributed by atoms with van der Waals surface area (Å²) in [5, 5.41) is 0. The van der Waals surface area contributed by atoms with Crippen LogP contribution in [0.15, 0.2) is 0 Å². The summed E-state index contributed by atoms with van der Waals surface area (Å²) in [4.78, 5) is 2.74. The van der Waals surface area contributed by atoms with Crippen LogP contribution in [0, 0.1) is 11.3 Å². The lowest BCUT2D eigenvalue weighted by Gasteiger charge is -2.33. The van der Waals surface area contributed by atoms with Crippen molar-refractivity contribution in [2.75, 3.05) is 19.6 Å². The molecule has 2 fully saturated rings. The highest BCUT2D eigenvalue weighted by atomic mass is 15.2. The minimum Gasteiger partial charge on any atom is -0.330 e. The van der Waals surface area contributed by atoms with Crippen molar-refractivity contribution < 1.29 is 0 Å². The average molecular weight is 224 g/mol. The van der Waals surface area contributed by atoms with Gasteiger partial charge in [0.2, 0.25) is 0 Å². The van der Waals surface area contributed by atoms with Gasteiger partial charge in [0.25, 0.3) is 0 Å². The summed E-state index contributed by atoms with van der Waals surface area (Å²) in [6, 6.07) is 0.786. The maximum absolute atomic E-state index is 5.97. The largest absolute Gasteiger partial charge is 0.330 e. The Labute approximate surface area is 101 Å². The molecule has 16 heavy (non-hydrogen) atoms. The Morgan fingerprint density at radius 3 is 2.56 bits per heavy atom. The summed E-state index contributed by atoms with van der Waals surface area (Å²) >= 11 is 0. The highest BCUT2D eigenvalue weighted by molar-refractivity contribution is 4.90. The van der Waals surface area contributed by atoms with Crippen molar-refractivity contribution in [3.05, 3.63) is 0 Å². The van der Waals surface area contributed by atoms with Crippen LogP contribution >= 0.6 is 0 Å². The number of nitrogens with two attached hydrogens (primary N) is 1. The van der Waals surface area contributed by atoms with E-state index in [1.54, 1.807) is 0 Å². The minimum atomic E-state index is 0.533. The van der Waals surface area contributed by atoms with Gasteiger partial charge in [-0.2, -0.15) is 0 Å². The lowest BCUT2D eigenvalue weighted by Crippen LogP contribution is -2.42.